The number of amides is 1. The Balaban J connectivity index is 0.00000264. The van der Waals surface area contributed by atoms with Crippen LogP contribution in [0.4, 0.5) is 0 Å². The molecule has 1 amide bonds. The molecule has 1 saturated heterocycles. The molecule has 1 aliphatic heterocycles. The molecule has 6 nitrogen and oxygen atoms in total. The molecule has 2 rings (SSSR count). The van der Waals surface area contributed by atoms with Crippen LogP contribution in [0.2, 0.25) is 0 Å². The van der Waals surface area contributed by atoms with E-state index in [9.17, 15) is 9.59 Å². The van der Waals surface area contributed by atoms with Gasteiger partial charge in [0.25, 0.3) is 0 Å². The zero-order chi connectivity index (χ0) is 15.9. The Bertz CT molecular complexity index is 512. The van der Waals surface area contributed by atoms with E-state index in [4.69, 9.17) is 15.2 Å². The maximum atomic E-state index is 12.3. The number of nitrogens with two attached hydrogens (primary N) is 1. The number of ether oxygens (including phenoxy) is 2. The number of hydrogen-bond donors (Lipinski definition) is 1. The van der Waals surface area contributed by atoms with E-state index in [1.807, 2.05) is 30.3 Å². The van der Waals surface area contributed by atoms with Crippen LogP contribution < -0.4 is 5.73 Å². The van der Waals surface area contributed by atoms with Crippen molar-refractivity contribution in [3.05, 3.63) is 35.9 Å². The molecule has 0 aliphatic carbocycles. The molecule has 2 N–H and O–H groups in total. The van der Waals surface area contributed by atoms with Gasteiger partial charge in [0.05, 0.1) is 13.2 Å². The molecule has 0 spiro atoms. The zero-order valence-electron chi connectivity index (χ0n) is 13.1. The van der Waals surface area contributed by atoms with E-state index in [1.165, 1.54) is 4.90 Å². The molecule has 0 unspecified atom stereocenters. The second kappa shape index (κ2) is 9.50. The summed E-state index contributed by atoms with van der Waals surface area (Å²) in [5.74, 6) is -0.487. The number of benzene rings is 1. The smallest absolute Gasteiger partial charge is 0.329 e. The fraction of sp³-hybridized carbons (Fsp3) is 0.500. The molecular weight excluding hydrogens is 320 g/mol. The number of likely N-dealkylation sites (tertiary alicyclic amines) is 1. The average molecular weight is 343 g/mol. The summed E-state index contributed by atoms with van der Waals surface area (Å²) in [6.07, 6.45) is 0.549. The topological polar surface area (TPSA) is 81.9 Å². The Morgan fingerprint density at radius 1 is 1.30 bits per heavy atom. The second-order valence-electron chi connectivity index (χ2n) is 5.42. The molecule has 1 aromatic carbocycles. The van der Waals surface area contributed by atoms with Gasteiger partial charge in [0.2, 0.25) is 5.91 Å². The van der Waals surface area contributed by atoms with E-state index in [0.29, 0.717) is 19.6 Å². The quantitative estimate of drug-likeness (QED) is 0.779. The number of methoxy groups -OCH3 is 1. The number of rotatable bonds is 6. The number of nitrogens with zero attached hydrogens (tertiary/aromatic N) is 1. The molecule has 0 saturated carbocycles. The maximum absolute atomic E-state index is 12.3. The highest BCUT2D eigenvalue weighted by Gasteiger charge is 2.39. The van der Waals surface area contributed by atoms with Gasteiger partial charge in [-0.05, 0) is 12.0 Å². The third kappa shape index (κ3) is 5.20. The van der Waals surface area contributed by atoms with E-state index in [2.05, 4.69) is 0 Å². The van der Waals surface area contributed by atoms with Crippen molar-refractivity contribution in [2.45, 2.75) is 19.1 Å². The Morgan fingerprint density at radius 2 is 2.00 bits per heavy atom. The Hall–Kier alpha value is -1.63. The fourth-order valence-electron chi connectivity index (χ4n) is 2.72. The molecule has 1 aliphatic rings. The predicted molar refractivity (Wildman–Crippen MR) is 88.0 cm³/mol. The highest BCUT2D eigenvalue weighted by atomic mass is 35.5. The van der Waals surface area contributed by atoms with Crippen molar-refractivity contribution in [3.8, 4) is 0 Å². The summed E-state index contributed by atoms with van der Waals surface area (Å²) in [6.45, 7) is 1.09. The van der Waals surface area contributed by atoms with Crippen LogP contribution in [0.3, 0.4) is 0 Å². The first kappa shape index (κ1) is 19.4. The summed E-state index contributed by atoms with van der Waals surface area (Å²) in [6, 6.07) is 8.88. The van der Waals surface area contributed by atoms with Crippen LogP contribution in [0.1, 0.15) is 12.0 Å². The maximum Gasteiger partial charge on any atom is 0.329 e. The lowest BCUT2D eigenvalue weighted by atomic mass is 10.1. The van der Waals surface area contributed by atoms with Gasteiger partial charge in [-0.15, -0.1) is 12.4 Å². The minimum absolute atomic E-state index is 0. The van der Waals surface area contributed by atoms with Crippen molar-refractivity contribution in [2.24, 2.45) is 11.7 Å². The molecule has 0 radical (unpaired) electrons. The molecule has 0 bridgehead atoms. The molecule has 7 heteroatoms. The summed E-state index contributed by atoms with van der Waals surface area (Å²) < 4.78 is 10.5. The minimum atomic E-state index is -0.570. The zero-order valence-corrected chi connectivity index (χ0v) is 14.0. The van der Waals surface area contributed by atoms with E-state index in [1.54, 1.807) is 7.11 Å². The van der Waals surface area contributed by atoms with Crippen LogP contribution in [0, 0.1) is 5.92 Å². The van der Waals surface area contributed by atoms with Crippen molar-refractivity contribution in [1.29, 1.82) is 0 Å². The van der Waals surface area contributed by atoms with Gasteiger partial charge >= 0.3 is 5.97 Å². The van der Waals surface area contributed by atoms with E-state index in [0.717, 1.165) is 5.56 Å². The first-order valence-electron chi connectivity index (χ1n) is 7.34. The van der Waals surface area contributed by atoms with Crippen LogP contribution >= 0.6 is 12.4 Å². The summed E-state index contributed by atoms with van der Waals surface area (Å²) >= 11 is 0. The van der Waals surface area contributed by atoms with Gasteiger partial charge in [-0.3, -0.25) is 4.79 Å². The van der Waals surface area contributed by atoms with Crippen LogP contribution in [0.25, 0.3) is 0 Å². The van der Waals surface area contributed by atoms with Gasteiger partial charge in [0, 0.05) is 19.6 Å². The lowest BCUT2D eigenvalue weighted by molar-refractivity contribution is -0.154. The second-order valence-corrected chi connectivity index (χ2v) is 5.42. The number of halogens is 1. The molecule has 2 atom stereocenters. The number of hydrogen-bond acceptors (Lipinski definition) is 5. The monoisotopic (exact) mass is 342 g/mol. The van der Waals surface area contributed by atoms with E-state index in [-0.39, 0.29) is 43.4 Å². The fourth-order valence-corrected chi connectivity index (χ4v) is 2.72. The van der Waals surface area contributed by atoms with Crippen LogP contribution in [0.15, 0.2) is 30.3 Å². The van der Waals surface area contributed by atoms with E-state index < -0.39 is 6.04 Å². The first-order chi connectivity index (χ1) is 10.7. The van der Waals surface area contributed by atoms with Crippen LogP contribution in [-0.4, -0.2) is 49.6 Å². The Morgan fingerprint density at radius 3 is 2.61 bits per heavy atom. The molecule has 1 heterocycles. The number of carbonyl (C=O) groups is 2. The molecule has 1 aromatic rings. The average Bonchev–Trinajstić information content (AvgIpc) is 2.97. The Labute approximate surface area is 142 Å². The van der Waals surface area contributed by atoms with Crippen LogP contribution in [0.5, 0.6) is 0 Å². The van der Waals surface area contributed by atoms with Gasteiger partial charge in [-0.1, -0.05) is 30.3 Å². The number of esters is 1. The minimum Gasteiger partial charge on any atom is -0.459 e. The van der Waals surface area contributed by atoms with Gasteiger partial charge < -0.3 is 20.1 Å². The van der Waals surface area contributed by atoms with Crippen LogP contribution in [-0.2, 0) is 25.7 Å². The number of carbonyl (C=O) groups excluding carboxylic acids is 2. The molecule has 128 valence electrons. The van der Waals surface area contributed by atoms with Gasteiger partial charge in [0.15, 0.2) is 0 Å². The lowest BCUT2D eigenvalue weighted by Crippen LogP contribution is -2.44. The standard InChI is InChI=1S/C16H22N2O4.ClH/c1-21-10-13-7-14(18(9-13)15(19)8-17)16(20)22-11-12-5-3-2-4-6-12;/h2-6,13-14H,7-11,17H2,1H3;1H/t13-,14+;/m1./s1. The van der Waals surface area contributed by atoms with Gasteiger partial charge in [-0.25, -0.2) is 4.79 Å². The summed E-state index contributed by atoms with van der Waals surface area (Å²) in [7, 11) is 1.61. The van der Waals surface area contributed by atoms with E-state index >= 15 is 0 Å². The predicted octanol–water partition coefficient (Wildman–Crippen LogP) is 0.974. The van der Waals surface area contributed by atoms with Crippen molar-refractivity contribution < 1.29 is 19.1 Å². The van der Waals surface area contributed by atoms with Crippen molar-refractivity contribution in [2.75, 3.05) is 26.8 Å². The highest BCUT2D eigenvalue weighted by Crippen LogP contribution is 2.25. The molecule has 0 aromatic heterocycles. The third-order valence-corrected chi connectivity index (χ3v) is 3.78. The molecule has 23 heavy (non-hydrogen) atoms. The van der Waals surface area contributed by atoms with Crippen molar-refractivity contribution in [1.82, 2.24) is 4.90 Å². The SMILES string of the molecule is COC[C@@H]1C[C@@H](C(=O)OCc2ccccc2)N(C(=O)CN)C1.Cl. The molecule has 1 fully saturated rings. The third-order valence-electron chi connectivity index (χ3n) is 3.78. The van der Waals surface area contributed by atoms with Crippen molar-refractivity contribution >= 4 is 24.3 Å². The first-order valence-corrected chi connectivity index (χ1v) is 7.34. The van der Waals surface area contributed by atoms with Gasteiger partial charge in [-0.2, -0.15) is 0 Å². The highest BCUT2D eigenvalue weighted by molar-refractivity contribution is 5.86. The summed E-state index contributed by atoms with van der Waals surface area (Å²) in [4.78, 5) is 25.7. The van der Waals surface area contributed by atoms with Crippen molar-refractivity contribution in [3.63, 3.8) is 0 Å². The summed E-state index contributed by atoms with van der Waals surface area (Å²) in [5.41, 5.74) is 6.34. The largest absolute Gasteiger partial charge is 0.459 e. The molecular formula is C16H23ClN2O4. The lowest BCUT2D eigenvalue weighted by Gasteiger charge is -2.22. The van der Waals surface area contributed by atoms with Gasteiger partial charge in [0.1, 0.15) is 12.6 Å². The summed E-state index contributed by atoms with van der Waals surface area (Å²) in [5, 5.41) is 0. The Kier molecular flexibility index (Phi) is 8.02. The normalized spacial score (nSPS) is 20.0.